The molecule has 0 radical (unpaired) electrons. The maximum atomic E-state index is 10.5. The SMILES string of the molecule is CC(N)CNc1ccsc1[N+](=O)[O-]. The Bertz CT molecular complexity index is 298. The Morgan fingerprint density at radius 2 is 2.54 bits per heavy atom. The summed E-state index contributed by atoms with van der Waals surface area (Å²) in [4.78, 5) is 10.1. The molecule has 0 aliphatic heterocycles. The zero-order valence-electron chi connectivity index (χ0n) is 7.19. The van der Waals surface area contributed by atoms with E-state index in [0.717, 1.165) is 11.3 Å². The van der Waals surface area contributed by atoms with Crippen molar-refractivity contribution in [2.24, 2.45) is 5.73 Å². The largest absolute Gasteiger partial charge is 0.377 e. The lowest BCUT2D eigenvalue weighted by Gasteiger charge is -2.05. The Kier molecular flexibility index (Phi) is 3.21. The third-order valence-corrected chi connectivity index (χ3v) is 2.29. The van der Waals surface area contributed by atoms with E-state index in [-0.39, 0.29) is 11.0 Å². The lowest BCUT2D eigenvalue weighted by Crippen LogP contribution is -2.25. The lowest BCUT2D eigenvalue weighted by molar-refractivity contribution is -0.379. The zero-order valence-corrected chi connectivity index (χ0v) is 8.00. The van der Waals surface area contributed by atoms with Crippen LogP contribution in [-0.2, 0) is 0 Å². The van der Waals surface area contributed by atoms with Crippen LogP contribution in [0.4, 0.5) is 10.7 Å². The second-order valence-electron chi connectivity index (χ2n) is 2.75. The van der Waals surface area contributed by atoms with E-state index >= 15 is 0 Å². The van der Waals surface area contributed by atoms with E-state index in [2.05, 4.69) is 5.32 Å². The standard InChI is InChI=1S/C7H11N3O2S/c1-5(8)4-9-6-2-3-13-7(6)10(11)12/h2-3,5,9H,4,8H2,1H3. The first-order valence-corrected chi connectivity index (χ1v) is 4.70. The molecule has 1 rings (SSSR count). The van der Waals surface area contributed by atoms with Gasteiger partial charge in [-0.25, -0.2) is 0 Å². The fourth-order valence-corrected chi connectivity index (χ4v) is 1.53. The van der Waals surface area contributed by atoms with E-state index in [1.807, 2.05) is 6.92 Å². The minimum atomic E-state index is -0.395. The molecule has 6 heteroatoms. The van der Waals surface area contributed by atoms with Crippen molar-refractivity contribution in [1.29, 1.82) is 0 Å². The molecule has 0 spiro atoms. The maximum Gasteiger partial charge on any atom is 0.347 e. The number of nitrogens with one attached hydrogen (secondary N) is 1. The van der Waals surface area contributed by atoms with E-state index < -0.39 is 4.92 Å². The molecule has 1 unspecified atom stereocenters. The summed E-state index contributed by atoms with van der Waals surface area (Å²) < 4.78 is 0. The van der Waals surface area contributed by atoms with Gasteiger partial charge in [-0.05, 0) is 18.4 Å². The Balaban J connectivity index is 2.65. The van der Waals surface area contributed by atoms with Crippen LogP contribution >= 0.6 is 11.3 Å². The summed E-state index contributed by atoms with van der Waals surface area (Å²) in [6.07, 6.45) is 0. The molecule has 0 amide bonds. The van der Waals surface area contributed by atoms with E-state index in [9.17, 15) is 10.1 Å². The second kappa shape index (κ2) is 4.20. The molecule has 1 aromatic rings. The highest BCUT2D eigenvalue weighted by molar-refractivity contribution is 7.14. The van der Waals surface area contributed by atoms with Gasteiger partial charge in [0.1, 0.15) is 5.69 Å². The van der Waals surface area contributed by atoms with Gasteiger partial charge in [-0.15, -0.1) is 0 Å². The predicted molar refractivity (Wildman–Crippen MR) is 53.1 cm³/mol. The van der Waals surface area contributed by atoms with Crippen LogP contribution in [0.25, 0.3) is 0 Å². The molecule has 0 saturated carbocycles. The van der Waals surface area contributed by atoms with Crippen molar-refractivity contribution < 1.29 is 4.92 Å². The summed E-state index contributed by atoms with van der Waals surface area (Å²) in [7, 11) is 0. The van der Waals surface area contributed by atoms with Crippen LogP contribution in [0.2, 0.25) is 0 Å². The molecule has 0 bridgehead atoms. The van der Waals surface area contributed by atoms with Gasteiger partial charge in [0.05, 0.1) is 4.92 Å². The number of hydrogen-bond acceptors (Lipinski definition) is 5. The molecular weight excluding hydrogens is 190 g/mol. The highest BCUT2D eigenvalue weighted by atomic mass is 32.1. The van der Waals surface area contributed by atoms with Gasteiger partial charge in [-0.1, -0.05) is 11.3 Å². The number of nitro groups is 1. The van der Waals surface area contributed by atoms with Crippen LogP contribution in [0.5, 0.6) is 0 Å². The second-order valence-corrected chi connectivity index (χ2v) is 3.65. The number of anilines is 1. The Morgan fingerprint density at radius 1 is 1.85 bits per heavy atom. The van der Waals surface area contributed by atoms with Gasteiger partial charge in [0, 0.05) is 12.6 Å². The first-order valence-electron chi connectivity index (χ1n) is 3.82. The van der Waals surface area contributed by atoms with Gasteiger partial charge in [0.15, 0.2) is 0 Å². The van der Waals surface area contributed by atoms with E-state index in [0.29, 0.717) is 12.2 Å². The number of hydrogen-bond donors (Lipinski definition) is 2. The highest BCUT2D eigenvalue weighted by Gasteiger charge is 2.14. The zero-order chi connectivity index (χ0) is 9.84. The van der Waals surface area contributed by atoms with Crippen LogP contribution in [0.1, 0.15) is 6.92 Å². The third-order valence-electron chi connectivity index (χ3n) is 1.43. The van der Waals surface area contributed by atoms with Crippen molar-refractivity contribution in [2.75, 3.05) is 11.9 Å². The van der Waals surface area contributed by atoms with Gasteiger partial charge < -0.3 is 11.1 Å². The van der Waals surface area contributed by atoms with E-state index in [1.165, 1.54) is 0 Å². The van der Waals surface area contributed by atoms with Gasteiger partial charge in [0.2, 0.25) is 0 Å². The molecule has 0 saturated heterocycles. The van der Waals surface area contributed by atoms with Crippen LogP contribution in [0.15, 0.2) is 11.4 Å². The summed E-state index contributed by atoms with van der Waals surface area (Å²) >= 11 is 1.11. The summed E-state index contributed by atoms with van der Waals surface area (Å²) in [5, 5.41) is 15.2. The minimum Gasteiger partial charge on any atom is -0.377 e. The van der Waals surface area contributed by atoms with Crippen molar-refractivity contribution in [3.05, 3.63) is 21.6 Å². The molecule has 1 heterocycles. The molecule has 1 aromatic heterocycles. The molecule has 0 aliphatic rings. The summed E-state index contributed by atoms with van der Waals surface area (Å²) in [6.45, 7) is 2.38. The molecule has 0 aliphatic carbocycles. The van der Waals surface area contributed by atoms with E-state index in [1.54, 1.807) is 11.4 Å². The number of nitrogens with zero attached hydrogens (tertiary/aromatic N) is 1. The van der Waals surface area contributed by atoms with Crippen LogP contribution < -0.4 is 11.1 Å². The molecular formula is C7H11N3O2S. The average Bonchev–Trinajstić information content (AvgIpc) is 2.47. The maximum absolute atomic E-state index is 10.5. The number of thiophene rings is 1. The lowest BCUT2D eigenvalue weighted by atomic mass is 10.3. The third kappa shape index (κ3) is 2.67. The smallest absolute Gasteiger partial charge is 0.347 e. The summed E-state index contributed by atoms with van der Waals surface area (Å²) in [6, 6.07) is 1.67. The van der Waals surface area contributed by atoms with Gasteiger partial charge in [0.25, 0.3) is 0 Å². The quantitative estimate of drug-likeness (QED) is 0.570. The van der Waals surface area contributed by atoms with Crippen molar-refractivity contribution in [2.45, 2.75) is 13.0 Å². The molecule has 72 valence electrons. The number of nitrogens with two attached hydrogens (primary N) is 1. The van der Waals surface area contributed by atoms with E-state index in [4.69, 9.17) is 5.73 Å². The van der Waals surface area contributed by atoms with Gasteiger partial charge in [-0.2, -0.15) is 0 Å². The normalized spacial score (nSPS) is 12.5. The van der Waals surface area contributed by atoms with Crippen LogP contribution in [0, 0.1) is 10.1 Å². The van der Waals surface area contributed by atoms with Gasteiger partial charge in [-0.3, -0.25) is 10.1 Å². The summed E-state index contributed by atoms with van der Waals surface area (Å²) in [5.74, 6) is 0. The fourth-order valence-electron chi connectivity index (χ4n) is 0.848. The average molecular weight is 201 g/mol. The molecule has 5 nitrogen and oxygen atoms in total. The molecule has 0 fully saturated rings. The predicted octanol–water partition coefficient (Wildman–Crippen LogP) is 1.42. The molecule has 0 aromatic carbocycles. The first kappa shape index (κ1) is 9.94. The Labute approximate surface area is 79.7 Å². The monoisotopic (exact) mass is 201 g/mol. The summed E-state index contributed by atoms with van der Waals surface area (Å²) in [5.41, 5.74) is 6.05. The molecule has 13 heavy (non-hydrogen) atoms. The number of rotatable bonds is 4. The molecule has 3 N–H and O–H groups in total. The highest BCUT2D eigenvalue weighted by Crippen LogP contribution is 2.30. The topological polar surface area (TPSA) is 81.2 Å². The Hall–Kier alpha value is -1.14. The van der Waals surface area contributed by atoms with Gasteiger partial charge >= 0.3 is 5.00 Å². The van der Waals surface area contributed by atoms with Crippen molar-refractivity contribution in [3.63, 3.8) is 0 Å². The first-order chi connectivity index (χ1) is 6.11. The van der Waals surface area contributed by atoms with Crippen LogP contribution in [0.3, 0.4) is 0 Å². The van der Waals surface area contributed by atoms with Crippen molar-refractivity contribution in [3.8, 4) is 0 Å². The minimum absolute atomic E-state index is 0.0143. The van der Waals surface area contributed by atoms with Crippen molar-refractivity contribution >= 4 is 22.0 Å². The van der Waals surface area contributed by atoms with Crippen molar-refractivity contribution in [1.82, 2.24) is 0 Å². The fraction of sp³-hybridized carbons (Fsp3) is 0.429. The molecule has 1 atom stereocenters. The van der Waals surface area contributed by atoms with Crippen LogP contribution in [-0.4, -0.2) is 17.5 Å². The Morgan fingerprint density at radius 3 is 3.08 bits per heavy atom.